The summed E-state index contributed by atoms with van der Waals surface area (Å²) in [5.41, 5.74) is 16.3. The lowest BCUT2D eigenvalue weighted by atomic mass is 9.83. The predicted octanol–water partition coefficient (Wildman–Crippen LogP) is 6.09. The summed E-state index contributed by atoms with van der Waals surface area (Å²) >= 11 is 0. The van der Waals surface area contributed by atoms with Crippen LogP contribution in [0.4, 0.5) is 0 Å². The van der Waals surface area contributed by atoms with Gasteiger partial charge < -0.3 is 16.6 Å². The highest BCUT2D eigenvalue weighted by molar-refractivity contribution is 7.73. The maximum absolute atomic E-state index is 11.9. The van der Waals surface area contributed by atoms with Gasteiger partial charge in [0.15, 0.2) is 0 Å². The molecule has 3 nitrogen and oxygen atoms in total. The number of nitrogens with two attached hydrogens (primary N) is 2. The van der Waals surface area contributed by atoms with Crippen molar-refractivity contribution in [1.29, 1.82) is 0 Å². The lowest BCUT2D eigenvalue weighted by Gasteiger charge is -2.35. The van der Waals surface area contributed by atoms with Crippen molar-refractivity contribution < 1.29 is 5.11 Å². The summed E-state index contributed by atoms with van der Waals surface area (Å²) in [4.78, 5) is 0. The minimum Gasteiger partial charge on any atom is -0.397 e. The van der Waals surface area contributed by atoms with Crippen LogP contribution in [0.1, 0.15) is 29.5 Å². The minimum atomic E-state index is -1.00. The van der Waals surface area contributed by atoms with Gasteiger partial charge in [0.2, 0.25) is 0 Å². The van der Waals surface area contributed by atoms with Crippen molar-refractivity contribution >= 4 is 51.5 Å². The average Bonchev–Trinajstić information content (AvgIpc) is 3.21. The summed E-state index contributed by atoms with van der Waals surface area (Å²) < 4.78 is 0. The fourth-order valence-electron chi connectivity index (χ4n) is 6.19. The molecule has 0 spiro atoms. The Bertz CT molecular complexity index is 1720. The molecule has 2 aliphatic rings. The lowest BCUT2D eigenvalue weighted by Crippen LogP contribution is -2.31. The molecule has 0 bridgehead atoms. The van der Waals surface area contributed by atoms with Crippen LogP contribution in [-0.4, -0.2) is 10.8 Å². The Kier molecular flexibility index (Phi) is 5.40. The Hall–Kier alpha value is -3.91. The third-order valence-corrected chi connectivity index (χ3v) is 11.0. The van der Waals surface area contributed by atoms with Crippen LogP contribution in [0, 0.1) is 0 Å². The van der Waals surface area contributed by atoms with Gasteiger partial charge in [-0.05, 0) is 65.2 Å². The molecule has 5 N–H and O–H groups in total. The summed E-state index contributed by atoms with van der Waals surface area (Å²) in [6.45, 7) is 0. The van der Waals surface area contributed by atoms with Crippen molar-refractivity contribution in [2.45, 2.75) is 24.1 Å². The molecular formula is C34H29N2OP. The zero-order valence-corrected chi connectivity index (χ0v) is 21.9. The second-order valence-electron chi connectivity index (χ2n) is 10.3. The van der Waals surface area contributed by atoms with Crippen LogP contribution < -0.4 is 22.1 Å². The molecule has 1 unspecified atom stereocenters. The monoisotopic (exact) mass is 512 g/mol. The summed E-state index contributed by atoms with van der Waals surface area (Å²) in [7, 11) is -0.566. The van der Waals surface area contributed by atoms with E-state index < -0.39 is 13.5 Å². The number of allylic oxidation sites excluding steroid dienone is 1. The third kappa shape index (κ3) is 3.58. The normalized spacial score (nSPS) is 20.6. The molecule has 38 heavy (non-hydrogen) atoms. The second-order valence-corrected chi connectivity index (χ2v) is 12.8. The number of rotatable bonds is 4. The Labute approximate surface area is 223 Å². The molecule has 2 atom stereocenters. The summed E-state index contributed by atoms with van der Waals surface area (Å²) in [6, 6.07) is 36.3. The molecule has 0 radical (unpaired) electrons. The summed E-state index contributed by atoms with van der Waals surface area (Å²) in [5.74, 6) is 0. The number of benzene rings is 5. The van der Waals surface area contributed by atoms with Crippen LogP contribution >= 0.6 is 7.92 Å². The van der Waals surface area contributed by atoms with Crippen LogP contribution in [0.5, 0.6) is 0 Å². The van der Waals surface area contributed by atoms with Gasteiger partial charge in [0.25, 0.3) is 0 Å². The fourth-order valence-corrected chi connectivity index (χ4v) is 8.89. The molecule has 2 aliphatic carbocycles. The van der Waals surface area contributed by atoms with Gasteiger partial charge in [0.05, 0.1) is 11.4 Å². The van der Waals surface area contributed by atoms with Crippen LogP contribution in [0.15, 0.2) is 115 Å². The fraction of sp³-hybridized carbons (Fsp3) is 0.118. The van der Waals surface area contributed by atoms with E-state index in [1.807, 2.05) is 18.2 Å². The van der Waals surface area contributed by atoms with Crippen LogP contribution in [0.25, 0.3) is 32.9 Å². The molecule has 4 heteroatoms. The molecule has 0 saturated heterocycles. The first-order chi connectivity index (χ1) is 18.5. The van der Waals surface area contributed by atoms with Crippen LogP contribution in [-0.2, 0) is 5.60 Å². The zero-order valence-electron chi connectivity index (χ0n) is 21.0. The maximum atomic E-state index is 11.9. The van der Waals surface area contributed by atoms with Gasteiger partial charge in [-0.25, -0.2) is 0 Å². The number of fused-ring (bicyclic) bond motifs is 2. The van der Waals surface area contributed by atoms with E-state index in [4.69, 9.17) is 11.5 Å². The van der Waals surface area contributed by atoms with Crippen molar-refractivity contribution in [1.82, 2.24) is 0 Å². The first-order valence-corrected chi connectivity index (χ1v) is 14.5. The molecule has 5 aromatic rings. The molecule has 0 saturated carbocycles. The molecule has 0 heterocycles. The smallest absolute Gasteiger partial charge is 0.108 e. The third-order valence-electron chi connectivity index (χ3n) is 8.16. The van der Waals surface area contributed by atoms with Gasteiger partial charge in [0, 0.05) is 22.2 Å². The van der Waals surface area contributed by atoms with Crippen LogP contribution in [0.2, 0.25) is 0 Å². The highest BCUT2D eigenvalue weighted by Crippen LogP contribution is 2.48. The zero-order chi connectivity index (χ0) is 25.9. The molecule has 5 aromatic carbocycles. The predicted molar refractivity (Wildman–Crippen MR) is 162 cm³/mol. The average molecular weight is 513 g/mol. The SMILES string of the molecule is NC1=C(N)c2cc3ccc([C@]4(O)C=CC(P(c5ccccc5)c5ccccc5)CC4)cc3c3cccc1c23. The molecule has 0 amide bonds. The van der Waals surface area contributed by atoms with Gasteiger partial charge in [-0.15, -0.1) is 0 Å². The van der Waals surface area contributed by atoms with Gasteiger partial charge in [0.1, 0.15) is 5.60 Å². The van der Waals surface area contributed by atoms with Crippen molar-refractivity contribution in [3.63, 3.8) is 0 Å². The van der Waals surface area contributed by atoms with E-state index in [1.165, 1.54) is 10.6 Å². The second kappa shape index (κ2) is 8.84. The Morgan fingerprint density at radius 2 is 1.39 bits per heavy atom. The topological polar surface area (TPSA) is 72.3 Å². The van der Waals surface area contributed by atoms with E-state index in [0.29, 0.717) is 23.5 Å². The van der Waals surface area contributed by atoms with Gasteiger partial charge in [-0.1, -0.05) is 103 Å². The van der Waals surface area contributed by atoms with Crippen molar-refractivity contribution in [3.8, 4) is 0 Å². The molecule has 0 aliphatic heterocycles. The van der Waals surface area contributed by atoms with Crippen LogP contribution in [0.3, 0.4) is 0 Å². The number of hydrogen-bond donors (Lipinski definition) is 3. The van der Waals surface area contributed by atoms with E-state index in [2.05, 4.69) is 97.1 Å². The first kappa shape index (κ1) is 23.2. The molecular weight excluding hydrogens is 483 g/mol. The number of hydrogen-bond acceptors (Lipinski definition) is 3. The van der Waals surface area contributed by atoms with Gasteiger partial charge in [-0.3, -0.25) is 0 Å². The maximum Gasteiger partial charge on any atom is 0.108 e. The minimum absolute atomic E-state index is 0.368. The van der Waals surface area contributed by atoms with Gasteiger partial charge in [-0.2, -0.15) is 0 Å². The highest BCUT2D eigenvalue weighted by Gasteiger charge is 2.34. The quantitative estimate of drug-likeness (QED) is 0.155. The Balaban J connectivity index is 1.28. The lowest BCUT2D eigenvalue weighted by molar-refractivity contribution is 0.0732. The molecule has 0 aromatic heterocycles. The van der Waals surface area contributed by atoms with Crippen molar-refractivity contribution in [3.05, 3.63) is 132 Å². The first-order valence-electron chi connectivity index (χ1n) is 13.1. The van der Waals surface area contributed by atoms with E-state index in [9.17, 15) is 5.11 Å². The number of aliphatic hydroxyl groups is 1. The largest absolute Gasteiger partial charge is 0.397 e. The molecule has 186 valence electrons. The van der Waals surface area contributed by atoms with E-state index in [-0.39, 0.29) is 0 Å². The summed E-state index contributed by atoms with van der Waals surface area (Å²) in [6.07, 6.45) is 5.90. The van der Waals surface area contributed by atoms with E-state index in [1.54, 1.807) is 0 Å². The summed E-state index contributed by atoms with van der Waals surface area (Å²) in [5, 5.41) is 19.1. The van der Waals surface area contributed by atoms with E-state index in [0.717, 1.165) is 44.7 Å². The van der Waals surface area contributed by atoms with Gasteiger partial charge >= 0.3 is 0 Å². The van der Waals surface area contributed by atoms with E-state index >= 15 is 0 Å². The van der Waals surface area contributed by atoms with Crippen molar-refractivity contribution in [2.75, 3.05) is 0 Å². The standard InChI is InChI=1S/C34H29N2OP/c35-32-28-13-7-12-27-29-21-23(15-14-22(29)20-30(31(27)28)33(32)36)34(37)18-16-26(17-19-34)38(24-8-3-1-4-9-24)25-10-5-2-6-11-25/h1-16,18,20-21,26,37H,17,19,35-36H2/t26?,34-/m0/s1. The molecule has 0 fully saturated rings. The molecule has 7 rings (SSSR count). The Morgan fingerprint density at radius 3 is 2.05 bits per heavy atom. The van der Waals surface area contributed by atoms with Crippen molar-refractivity contribution in [2.24, 2.45) is 11.5 Å². The Morgan fingerprint density at radius 1 is 0.711 bits per heavy atom. The highest BCUT2D eigenvalue weighted by atomic mass is 31.1.